The van der Waals surface area contributed by atoms with Crippen molar-refractivity contribution in [3.8, 4) is 0 Å². The summed E-state index contributed by atoms with van der Waals surface area (Å²) in [7, 11) is -3.97. The lowest BCUT2D eigenvalue weighted by atomic mass is 10.3. The van der Waals surface area contributed by atoms with Gasteiger partial charge >= 0.3 is 0 Å². The molecule has 0 unspecified atom stereocenters. The molecule has 0 radical (unpaired) electrons. The van der Waals surface area contributed by atoms with Crippen LogP contribution < -0.4 is 5.32 Å². The molecule has 4 nitrogen and oxygen atoms in total. The predicted molar refractivity (Wildman–Crippen MR) is 62.6 cm³/mol. The number of hydrogen-bond acceptors (Lipinski definition) is 3. The second-order valence-electron chi connectivity index (χ2n) is 4.27. The van der Waals surface area contributed by atoms with Crippen LogP contribution in [0.15, 0.2) is 23.1 Å². The second kappa shape index (κ2) is 4.91. The number of benzene rings is 1. The van der Waals surface area contributed by atoms with Crippen LogP contribution in [0.3, 0.4) is 0 Å². The number of rotatable bonds is 2. The Hall–Kier alpha value is -1.05. The van der Waals surface area contributed by atoms with Gasteiger partial charge in [0.2, 0.25) is 10.0 Å². The minimum atomic E-state index is -3.97. The summed E-state index contributed by atoms with van der Waals surface area (Å²) in [5.74, 6) is -2.47. The Morgan fingerprint density at radius 2 is 2.11 bits per heavy atom. The van der Waals surface area contributed by atoms with Crippen LogP contribution in [0.4, 0.5) is 8.78 Å². The summed E-state index contributed by atoms with van der Waals surface area (Å²) >= 11 is 0. The van der Waals surface area contributed by atoms with Crippen LogP contribution in [0.5, 0.6) is 0 Å². The van der Waals surface area contributed by atoms with Crippen LogP contribution in [-0.4, -0.2) is 38.4 Å². The Labute approximate surface area is 105 Å². The smallest absolute Gasteiger partial charge is 0.246 e. The van der Waals surface area contributed by atoms with Crippen molar-refractivity contribution in [2.45, 2.75) is 17.9 Å². The van der Waals surface area contributed by atoms with E-state index < -0.39 is 26.6 Å². The lowest BCUT2D eigenvalue weighted by Gasteiger charge is -2.31. The van der Waals surface area contributed by atoms with Gasteiger partial charge in [-0.05, 0) is 19.1 Å². The highest BCUT2D eigenvalue weighted by Crippen LogP contribution is 2.21. The molecule has 1 aromatic rings. The Morgan fingerprint density at radius 3 is 2.78 bits per heavy atom. The summed E-state index contributed by atoms with van der Waals surface area (Å²) in [6.07, 6.45) is 0. The maximum Gasteiger partial charge on any atom is 0.246 e. The van der Waals surface area contributed by atoms with E-state index >= 15 is 0 Å². The molecule has 1 aromatic carbocycles. The minimum absolute atomic E-state index is 0.00912. The van der Waals surface area contributed by atoms with E-state index in [1.165, 1.54) is 10.4 Å². The summed E-state index contributed by atoms with van der Waals surface area (Å²) in [6.45, 7) is 2.84. The first-order chi connectivity index (χ1) is 8.43. The first kappa shape index (κ1) is 13.4. The minimum Gasteiger partial charge on any atom is -0.312 e. The van der Waals surface area contributed by atoms with Crippen molar-refractivity contribution in [3.63, 3.8) is 0 Å². The molecule has 7 heteroatoms. The summed E-state index contributed by atoms with van der Waals surface area (Å²) in [6, 6.07) is 3.16. The highest BCUT2D eigenvalue weighted by Gasteiger charge is 2.31. The van der Waals surface area contributed by atoms with Gasteiger partial charge in [0.15, 0.2) is 11.6 Å². The van der Waals surface area contributed by atoms with Gasteiger partial charge in [-0.15, -0.1) is 0 Å². The van der Waals surface area contributed by atoms with E-state index in [0.29, 0.717) is 6.54 Å². The highest BCUT2D eigenvalue weighted by atomic mass is 32.2. The normalized spacial score (nSPS) is 22.1. The number of hydrogen-bond donors (Lipinski definition) is 1. The van der Waals surface area contributed by atoms with Crippen molar-refractivity contribution in [2.24, 2.45) is 0 Å². The van der Waals surface area contributed by atoms with Gasteiger partial charge in [0.25, 0.3) is 0 Å². The Morgan fingerprint density at radius 1 is 1.39 bits per heavy atom. The molecule has 0 bridgehead atoms. The largest absolute Gasteiger partial charge is 0.312 e. The zero-order valence-electron chi connectivity index (χ0n) is 9.86. The lowest BCUT2D eigenvalue weighted by molar-refractivity contribution is 0.308. The Bertz CT molecular complexity index is 548. The van der Waals surface area contributed by atoms with Crippen LogP contribution in [0.25, 0.3) is 0 Å². The van der Waals surface area contributed by atoms with Gasteiger partial charge in [0, 0.05) is 25.7 Å². The van der Waals surface area contributed by atoms with Gasteiger partial charge in [0.05, 0.1) is 0 Å². The number of halogens is 2. The molecule has 1 heterocycles. The maximum atomic E-state index is 13.6. The summed E-state index contributed by atoms with van der Waals surface area (Å²) in [5.41, 5.74) is 0. The molecular weight excluding hydrogens is 262 g/mol. The average Bonchev–Trinajstić information content (AvgIpc) is 2.32. The van der Waals surface area contributed by atoms with Gasteiger partial charge in [-0.1, -0.05) is 6.07 Å². The van der Waals surface area contributed by atoms with E-state index in [-0.39, 0.29) is 19.1 Å². The molecule has 0 amide bonds. The molecule has 1 saturated heterocycles. The van der Waals surface area contributed by atoms with Crippen molar-refractivity contribution < 1.29 is 17.2 Å². The van der Waals surface area contributed by atoms with Crippen LogP contribution >= 0.6 is 0 Å². The molecule has 2 rings (SSSR count). The third-order valence-corrected chi connectivity index (χ3v) is 4.75. The third-order valence-electron chi connectivity index (χ3n) is 2.87. The van der Waals surface area contributed by atoms with E-state index in [1.54, 1.807) is 0 Å². The van der Waals surface area contributed by atoms with E-state index in [2.05, 4.69) is 5.32 Å². The first-order valence-electron chi connectivity index (χ1n) is 5.60. The van der Waals surface area contributed by atoms with Crippen LogP contribution in [0, 0.1) is 11.6 Å². The zero-order chi connectivity index (χ0) is 13.3. The average molecular weight is 276 g/mol. The SMILES string of the molecule is C[C@@H]1CN(S(=O)(=O)c2cccc(F)c2F)CCN1. The quantitative estimate of drug-likeness (QED) is 0.875. The van der Waals surface area contributed by atoms with E-state index in [9.17, 15) is 17.2 Å². The Balaban J connectivity index is 2.39. The molecule has 1 aliphatic heterocycles. The summed E-state index contributed by atoms with van der Waals surface area (Å²) < 4.78 is 52.2. The van der Waals surface area contributed by atoms with Crippen LogP contribution in [-0.2, 0) is 10.0 Å². The molecular formula is C11H14F2N2O2S. The first-order valence-corrected chi connectivity index (χ1v) is 7.04. The molecule has 0 spiro atoms. The molecule has 0 aromatic heterocycles. The lowest BCUT2D eigenvalue weighted by Crippen LogP contribution is -2.51. The van der Waals surface area contributed by atoms with E-state index in [0.717, 1.165) is 12.1 Å². The topological polar surface area (TPSA) is 49.4 Å². The fourth-order valence-corrected chi connectivity index (χ4v) is 3.54. The van der Waals surface area contributed by atoms with E-state index in [4.69, 9.17) is 0 Å². The maximum absolute atomic E-state index is 13.6. The van der Waals surface area contributed by atoms with Crippen molar-refractivity contribution in [2.75, 3.05) is 19.6 Å². The molecule has 18 heavy (non-hydrogen) atoms. The summed E-state index contributed by atoms with van der Waals surface area (Å²) in [4.78, 5) is -0.600. The van der Waals surface area contributed by atoms with Crippen molar-refractivity contribution in [3.05, 3.63) is 29.8 Å². The number of sulfonamides is 1. The highest BCUT2D eigenvalue weighted by molar-refractivity contribution is 7.89. The fraction of sp³-hybridized carbons (Fsp3) is 0.455. The standard InChI is InChI=1S/C11H14F2N2O2S/c1-8-7-15(6-5-14-8)18(16,17)10-4-2-3-9(12)11(10)13/h2-4,8,14H,5-7H2,1H3/t8-/m1/s1. The Kier molecular flexibility index (Phi) is 3.65. The zero-order valence-corrected chi connectivity index (χ0v) is 10.7. The number of nitrogens with one attached hydrogen (secondary N) is 1. The second-order valence-corrected chi connectivity index (χ2v) is 6.18. The van der Waals surface area contributed by atoms with Gasteiger partial charge in [0.1, 0.15) is 4.90 Å². The molecule has 1 atom stereocenters. The van der Waals surface area contributed by atoms with Crippen molar-refractivity contribution in [1.82, 2.24) is 9.62 Å². The fourth-order valence-electron chi connectivity index (χ4n) is 1.94. The van der Waals surface area contributed by atoms with Crippen molar-refractivity contribution in [1.29, 1.82) is 0 Å². The predicted octanol–water partition coefficient (Wildman–Crippen LogP) is 0.947. The molecule has 1 N–H and O–H groups in total. The molecule has 1 aliphatic rings. The molecule has 100 valence electrons. The van der Waals surface area contributed by atoms with Gasteiger partial charge < -0.3 is 5.32 Å². The van der Waals surface area contributed by atoms with Gasteiger partial charge in [-0.2, -0.15) is 4.31 Å². The summed E-state index contributed by atoms with van der Waals surface area (Å²) in [5, 5.41) is 3.09. The van der Waals surface area contributed by atoms with Gasteiger partial charge in [-0.3, -0.25) is 0 Å². The van der Waals surface area contributed by atoms with Crippen LogP contribution in [0.2, 0.25) is 0 Å². The number of piperazine rings is 1. The molecule has 0 aliphatic carbocycles. The van der Waals surface area contributed by atoms with Crippen LogP contribution in [0.1, 0.15) is 6.92 Å². The number of nitrogens with zero attached hydrogens (tertiary/aromatic N) is 1. The van der Waals surface area contributed by atoms with Gasteiger partial charge in [-0.25, -0.2) is 17.2 Å². The third kappa shape index (κ3) is 2.38. The monoisotopic (exact) mass is 276 g/mol. The molecule has 0 saturated carbocycles. The van der Waals surface area contributed by atoms with Crippen molar-refractivity contribution >= 4 is 10.0 Å². The molecule has 1 fully saturated rings. The van der Waals surface area contributed by atoms with E-state index in [1.807, 2.05) is 6.92 Å².